The minimum Gasteiger partial charge on any atom is -0.333 e. The number of amides is 1. The van der Waals surface area contributed by atoms with Gasteiger partial charge in [0.1, 0.15) is 0 Å². The lowest BCUT2D eigenvalue weighted by Gasteiger charge is -2.33. The second kappa shape index (κ2) is 6.63. The van der Waals surface area contributed by atoms with Crippen molar-refractivity contribution in [3.63, 3.8) is 0 Å². The van der Waals surface area contributed by atoms with Gasteiger partial charge in [-0.05, 0) is 42.5 Å². The molecule has 1 amide bonds. The number of rotatable bonds is 1. The molecule has 1 atom stereocenters. The molecule has 1 aromatic heterocycles. The molecule has 0 bridgehead atoms. The Morgan fingerprint density at radius 1 is 1.26 bits per heavy atom. The molecule has 2 aromatic rings. The normalized spacial score (nSPS) is 19.5. The maximum Gasteiger partial charge on any atom is 0.264 e. The number of thiophene rings is 1. The van der Waals surface area contributed by atoms with E-state index in [-0.39, 0.29) is 24.4 Å². The van der Waals surface area contributed by atoms with Crippen LogP contribution in [0.5, 0.6) is 0 Å². The Morgan fingerprint density at radius 3 is 2.87 bits per heavy atom. The third-order valence-electron chi connectivity index (χ3n) is 4.71. The maximum atomic E-state index is 12.8. The average Bonchev–Trinajstić information content (AvgIpc) is 2.99. The van der Waals surface area contributed by atoms with E-state index in [4.69, 9.17) is 0 Å². The van der Waals surface area contributed by atoms with E-state index in [1.165, 1.54) is 21.6 Å². The Balaban J connectivity index is 0.00000156. The largest absolute Gasteiger partial charge is 0.333 e. The number of nitrogens with one attached hydrogen (secondary N) is 1. The van der Waals surface area contributed by atoms with Crippen molar-refractivity contribution in [2.75, 3.05) is 19.6 Å². The molecule has 5 heteroatoms. The minimum absolute atomic E-state index is 0. The van der Waals surface area contributed by atoms with E-state index < -0.39 is 0 Å². The Morgan fingerprint density at radius 2 is 2.04 bits per heavy atom. The number of fused-ring (bicyclic) bond motifs is 3. The van der Waals surface area contributed by atoms with Gasteiger partial charge in [-0.1, -0.05) is 24.3 Å². The first-order valence-corrected chi connectivity index (χ1v) is 8.78. The van der Waals surface area contributed by atoms with E-state index in [2.05, 4.69) is 42.6 Å². The number of benzene rings is 1. The van der Waals surface area contributed by atoms with Crippen LogP contribution in [-0.2, 0) is 12.8 Å². The van der Waals surface area contributed by atoms with Gasteiger partial charge in [0.15, 0.2) is 0 Å². The van der Waals surface area contributed by atoms with Crippen molar-refractivity contribution in [3.05, 3.63) is 46.3 Å². The molecule has 1 aliphatic heterocycles. The summed E-state index contributed by atoms with van der Waals surface area (Å²) in [5, 5.41) is 3.34. The Labute approximate surface area is 147 Å². The van der Waals surface area contributed by atoms with Gasteiger partial charge in [0.25, 0.3) is 5.91 Å². The van der Waals surface area contributed by atoms with Crippen LogP contribution in [0.15, 0.2) is 30.3 Å². The number of carbonyl (C=O) groups is 1. The van der Waals surface area contributed by atoms with Gasteiger partial charge in [0, 0.05) is 30.6 Å². The molecular weight excluding hydrogens is 328 g/mol. The fourth-order valence-corrected chi connectivity index (χ4v) is 4.69. The fourth-order valence-electron chi connectivity index (χ4n) is 3.46. The first kappa shape index (κ1) is 16.5. The van der Waals surface area contributed by atoms with Crippen molar-refractivity contribution in [1.82, 2.24) is 10.2 Å². The van der Waals surface area contributed by atoms with E-state index in [0.717, 1.165) is 37.4 Å². The summed E-state index contributed by atoms with van der Waals surface area (Å²) in [6.07, 6.45) is 2.13. The zero-order valence-corrected chi connectivity index (χ0v) is 14.8. The van der Waals surface area contributed by atoms with Gasteiger partial charge < -0.3 is 10.2 Å². The predicted octanol–water partition coefficient (Wildman–Crippen LogP) is 3.37. The summed E-state index contributed by atoms with van der Waals surface area (Å²) < 4.78 is 0. The van der Waals surface area contributed by atoms with Gasteiger partial charge >= 0.3 is 0 Å². The smallest absolute Gasteiger partial charge is 0.264 e. The van der Waals surface area contributed by atoms with E-state index in [1.54, 1.807) is 11.3 Å². The number of carbonyl (C=O) groups excluding carboxylic acids is 1. The Kier molecular flexibility index (Phi) is 4.76. The van der Waals surface area contributed by atoms with Crippen molar-refractivity contribution >= 4 is 29.7 Å². The van der Waals surface area contributed by atoms with Gasteiger partial charge in [-0.3, -0.25) is 4.79 Å². The molecule has 2 heterocycles. The molecule has 1 saturated heterocycles. The SMILES string of the molecule is CC1CNCCN1C(=O)c1cc2c(s1)-c1ccccc1CC2.Cl. The number of hydrogen-bond donors (Lipinski definition) is 1. The monoisotopic (exact) mass is 348 g/mol. The lowest BCUT2D eigenvalue weighted by atomic mass is 9.91. The average molecular weight is 349 g/mol. The van der Waals surface area contributed by atoms with Crippen LogP contribution < -0.4 is 5.32 Å². The topological polar surface area (TPSA) is 32.3 Å². The Hall–Kier alpha value is -1.36. The van der Waals surface area contributed by atoms with Crippen molar-refractivity contribution in [2.45, 2.75) is 25.8 Å². The van der Waals surface area contributed by atoms with Crippen LogP contribution >= 0.6 is 23.7 Å². The summed E-state index contributed by atoms with van der Waals surface area (Å²) in [5.74, 6) is 0.200. The van der Waals surface area contributed by atoms with Crippen LogP contribution in [0.1, 0.15) is 27.7 Å². The van der Waals surface area contributed by atoms with Crippen molar-refractivity contribution in [2.24, 2.45) is 0 Å². The van der Waals surface area contributed by atoms with Crippen LogP contribution in [0.2, 0.25) is 0 Å². The third-order valence-corrected chi connectivity index (χ3v) is 5.91. The van der Waals surface area contributed by atoms with Crippen LogP contribution in [0, 0.1) is 0 Å². The highest BCUT2D eigenvalue weighted by Crippen LogP contribution is 2.39. The van der Waals surface area contributed by atoms with Crippen LogP contribution in [-0.4, -0.2) is 36.5 Å². The van der Waals surface area contributed by atoms with E-state index in [1.807, 2.05) is 4.90 Å². The lowest BCUT2D eigenvalue weighted by molar-refractivity contribution is 0.0660. The first-order valence-electron chi connectivity index (χ1n) is 7.96. The van der Waals surface area contributed by atoms with Gasteiger partial charge in [-0.25, -0.2) is 0 Å². The van der Waals surface area contributed by atoms with Crippen LogP contribution in [0.4, 0.5) is 0 Å². The maximum absolute atomic E-state index is 12.8. The van der Waals surface area contributed by atoms with E-state index >= 15 is 0 Å². The molecule has 1 unspecified atom stereocenters. The Bertz CT molecular complexity index is 728. The molecule has 2 aliphatic rings. The number of aryl methyl sites for hydroxylation is 2. The minimum atomic E-state index is 0. The summed E-state index contributed by atoms with van der Waals surface area (Å²) >= 11 is 1.67. The van der Waals surface area contributed by atoms with Crippen LogP contribution in [0.25, 0.3) is 10.4 Å². The lowest BCUT2D eigenvalue weighted by Crippen LogP contribution is -2.52. The van der Waals surface area contributed by atoms with Crippen molar-refractivity contribution in [1.29, 1.82) is 0 Å². The van der Waals surface area contributed by atoms with Gasteiger partial charge in [-0.15, -0.1) is 23.7 Å². The summed E-state index contributed by atoms with van der Waals surface area (Å²) in [6, 6.07) is 11.0. The second-order valence-corrected chi connectivity index (χ2v) is 7.23. The molecule has 23 heavy (non-hydrogen) atoms. The first-order chi connectivity index (χ1) is 10.7. The van der Waals surface area contributed by atoms with Crippen molar-refractivity contribution in [3.8, 4) is 10.4 Å². The van der Waals surface area contributed by atoms with Crippen molar-refractivity contribution < 1.29 is 4.79 Å². The number of hydrogen-bond acceptors (Lipinski definition) is 3. The molecule has 1 aromatic carbocycles. The second-order valence-electron chi connectivity index (χ2n) is 6.17. The predicted molar refractivity (Wildman–Crippen MR) is 97.8 cm³/mol. The molecule has 122 valence electrons. The molecule has 1 N–H and O–H groups in total. The molecular formula is C18H21ClN2OS. The number of halogens is 1. The molecule has 0 spiro atoms. The highest BCUT2D eigenvalue weighted by molar-refractivity contribution is 7.17. The van der Waals surface area contributed by atoms with Gasteiger partial charge in [0.2, 0.25) is 0 Å². The standard InChI is InChI=1S/C18H20N2OS.ClH/c1-12-11-19-8-9-20(12)18(21)16-10-14-7-6-13-4-2-3-5-15(13)17(14)22-16;/h2-5,10,12,19H,6-9,11H2,1H3;1H. The summed E-state index contributed by atoms with van der Waals surface area (Å²) in [6.45, 7) is 4.70. The number of nitrogens with zero attached hydrogens (tertiary/aromatic N) is 1. The molecule has 0 saturated carbocycles. The third kappa shape index (κ3) is 2.91. The summed E-state index contributed by atoms with van der Waals surface area (Å²) in [5.41, 5.74) is 4.07. The molecule has 4 rings (SSSR count). The molecule has 1 fully saturated rings. The van der Waals surface area contributed by atoms with E-state index in [9.17, 15) is 4.79 Å². The van der Waals surface area contributed by atoms with Gasteiger partial charge in [-0.2, -0.15) is 0 Å². The highest BCUT2D eigenvalue weighted by atomic mass is 35.5. The highest BCUT2D eigenvalue weighted by Gasteiger charge is 2.27. The summed E-state index contributed by atoms with van der Waals surface area (Å²) in [4.78, 5) is 17.1. The fraction of sp³-hybridized carbons (Fsp3) is 0.389. The molecule has 0 radical (unpaired) electrons. The van der Waals surface area contributed by atoms with Crippen LogP contribution in [0.3, 0.4) is 0 Å². The zero-order chi connectivity index (χ0) is 15.1. The summed E-state index contributed by atoms with van der Waals surface area (Å²) in [7, 11) is 0. The zero-order valence-electron chi connectivity index (χ0n) is 13.2. The quantitative estimate of drug-likeness (QED) is 0.857. The molecule has 3 nitrogen and oxygen atoms in total. The van der Waals surface area contributed by atoms with E-state index in [0.29, 0.717) is 0 Å². The molecule has 1 aliphatic carbocycles. The van der Waals surface area contributed by atoms with Gasteiger partial charge in [0.05, 0.1) is 4.88 Å². The number of piperazine rings is 1.